The molecule has 2 aromatic rings. The predicted molar refractivity (Wildman–Crippen MR) is 116 cm³/mol. The number of alkyl carbamates (subject to hydrolysis) is 1. The van der Waals surface area contributed by atoms with Gasteiger partial charge in [0.25, 0.3) is 5.91 Å². The fourth-order valence-electron chi connectivity index (χ4n) is 4.51. The number of ether oxygens (including phenoxy) is 1. The summed E-state index contributed by atoms with van der Waals surface area (Å²) in [5.74, 6) is -1.85. The molecule has 0 aliphatic heterocycles. The number of carbonyl (C=O) groups is 3. The van der Waals surface area contributed by atoms with Crippen molar-refractivity contribution in [1.29, 1.82) is 0 Å². The standard InChI is InChI=1S/C24H26N2O6/c1-15(21(27)28)32-26-22(29)24(12-6-7-13-24)25-23(30)31-14-20-18-10-4-2-8-16(18)17-9-3-5-11-19(17)20/h2-5,8-11,15,20H,6-7,12-14H2,1H3,(H,25,30)(H,26,29)(H,27,28). The van der Waals surface area contributed by atoms with Crippen molar-refractivity contribution in [2.75, 3.05) is 6.61 Å². The summed E-state index contributed by atoms with van der Waals surface area (Å²) in [6.07, 6.45) is 0.473. The summed E-state index contributed by atoms with van der Waals surface area (Å²) in [5, 5.41) is 11.6. The van der Waals surface area contributed by atoms with E-state index in [4.69, 9.17) is 14.7 Å². The van der Waals surface area contributed by atoms with E-state index in [2.05, 4.69) is 22.9 Å². The maximum Gasteiger partial charge on any atom is 0.408 e. The van der Waals surface area contributed by atoms with E-state index in [0.29, 0.717) is 12.8 Å². The highest BCUT2D eigenvalue weighted by molar-refractivity contribution is 5.90. The highest BCUT2D eigenvalue weighted by Gasteiger charge is 2.44. The third-order valence-corrected chi connectivity index (χ3v) is 6.25. The maximum atomic E-state index is 12.7. The van der Waals surface area contributed by atoms with E-state index in [0.717, 1.165) is 35.1 Å². The topological polar surface area (TPSA) is 114 Å². The minimum Gasteiger partial charge on any atom is -0.479 e. The lowest BCUT2D eigenvalue weighted by Gasteiger charge is -2.28. The van der Waals surface area contributed by atoms with Crippen molar-refractivity contribution in [2.24, 2.45) is 0 Å². The molecule has 4 rings (SSSR count). The van der Waals surface area contributed by atoms with Crippen LogP contribution in [0.2, 0.25) is 0 Å². The van der Waals surface area contributed by atoms with Gasteiger partial charge in [-0.2, -0.15) is 0 Å². The number of carbonyl (C=O) groups excluding carboxylic acids is 2. The molecular formula is C24H26N2O6. The molecule has 2 aliphatic rings. The molecule has 8 heteroatoms. The molecule has 8 nitrogen and oxygen atoms in total. The van der Waals surface area contributed by atoms with Gasteiger partial charge in [-0.1, -0.05) is 61.4 Å². The Labute approximate surface area is 185 Å². The quantitative estimate of drug-likeness (QED) is 0.571. The van der Waals surface area contributed by atoms with Crippen molar-refractivity contribution in [2.45, 2.75) is 50.2 Å². The molecule has 1 atom stereocenters. The molecule has 1 fully saturated rings. The maximum absolute atomic E-state index is 12.7. The molecule has 0 bridgehead atoms. The Bertz CT molecular complexity index is 985. The Hall–Kier alpha value is -3.39. The van der Waals surface area contributed by atoms with Crippen LogP contribution in [0.15, 0.2) is 48.5 Å². The number of rotatable bonds is 7. The smallest absolute Gasteiger partial charge is 0.408 e. The van der Waals surface area contributed by atoms with Gasteiger partial charge < -0.3 is 15.2 Å². The van der Waals surface area contributed by atoms with Crippen LogP contribution in [0.25, 0.3) is 11.1 Å². The van der Waals surface area contributed by atoms with E-state index < -0.39 is 29.6 Å². The van der Waals surface area contributed by atoms with Gasteiger partial charge in [0.2, 0.25) is 0 Å². The SMILES string of the molecule is CC(ONC(=O)C1(NC(=O)OCC2c3ccccc3-c3ccccc32)CCCC1)C(=O)O. The summed E-state index contributed by atoms with van der Waals surface area (Å²) in [7, 11) is 0. The van der Waals surface area contributed by atoms with E-state index >= 15 is 0 Å². The number of aliphatic carboxylic acids is 1. The Balaban J connectivity index is 1.42. The van der Waals surface area contributed by atoms with Crippen molar-refractivity contribution < 1.29 is 29.1 Å². The Kier molecular flexibility index (Phi) is 6.14. The van der Waals surface area contributed by atoms with Gasteiger partial charge >= 0.3 is 12.1 Å². The van der Waals surface area contributed by atoms with Crippen LogP contribution in [0.4, 0.5) is 4.79 Å². The molecule has 2 aromatic carbocycles. The number of benzene rings is 2. The molecule has 0 radical (unpaired) electrons. The second-order valence-corrected chi connectivity index (χ2v) is 8.27. The van der Waals surface area contributed by atoms with Gasteiger partial charge in [-0.3, -0.25) is 9.63 Å². The highest BCUT2D eigenvalue weighted by Crippen LogP contribution is 2.44. The molecule has 1 unspecified atom stereocenters. The number of carboxylic acid groups (broad SMARTS) is 1. The van der Waals surface area contributed by atoms with Gasteiger partial charge in [0.1, 0.15) is 12.1 Å². The largest absolute Gasteiger partial charge is 0.479 e. The van der Waals surface area contributed by atoms with Crippen molar-refractivity contribution >= 4 is 18.0 Å². The van der Waals surface area contributed by atoms with Crippen LogP contribution in [0.1, 0.15) is 49.7 Å². The van der Waals surface area contributed by atoms with Gasteiger partial charge in [-0.05, 0) is 42.0 Å². The monoisotopic (exact) mass is 438 g/mol. The second-order valence-electron chi connectivity index (χ2n) is 8.27. The average molecular weight is 438 g/mol. The van der Waals surface area contributed by atoms with Crippen LogP contribution in [0.5, 0.6) is 0 Å². The van der Waals surface area contributed by atoms with E-state index in [9.17, 15) is 14.4 Å². The van der Waals surface area contributed by atoms with Crippen molar-refractivity contribution in [3.8, 4) is 11.1 Å². The lowest BCUT2D eigenvalue weighted by Crippen LogP contribution is -2.57. The number of hydrogen-bond acceptors (Lipinski definition) is 5. The number of nitrogens with one attached hydrogen (secondary N) is 2. The first kappa shape index (κ1) is 21.8. The van der Waals surface area contributed by atoms with E-state index in [1.54, 1.807) is 0 Å². The molecule has 0 heterocycles. The summed E-state index contributed by atoms with van der Waals surface area (Å²) in [6.45, 7) is 1.45. The molecule has 32 heavy (non-hydrogen) atoms. The summed E-state index contributed by atoms with van der Waals surface area (Å²) < 4.78 is 5.58. The molecule has 0 spiro atoms. The molecule has 0 saturated heterocycles. The van der Waals surface area contributed by atoms with Crippen LogP contribution in [-0.2, 0) is 19.2 Å². The zero-order chi connectivity index (χ0) is 22.7. The summed E-state index contributed by atoms with van der Waals surface area (Å²) in [4.78, 5) is 41.2. The highest BCUT2D eigenvalue weighted by atomic mass is 16.7. The number of carboxylic acids is 1. The third-order valence-electron chi connectivity index (χ3n) is 6.25. The first-order chi connectivity index (χ1) is 15.4. The Morgan fingerprint density at radius 1 is 1.03 bits per heavy atom. The van der Waals surface area contributed by atoms with Crippen LogP contribution in [0, 0.1) is 0 Å². The average Bonchev–Trinajstić information content (AvgIpc) is 3.39. The normalized spacial score (nSPS) is 17.2. The molecule has 168 valence electrons. The van der Waals surface area contributed by atoms with E-state index in [1.165, 1.54) is 6.92 Å². The van der Waals surface area contributed by atoms with Crippen LogP contribution in [0.3, 0.4) is 0 Å². The van der Waals surface area contributed by atoms with Crippen molar-refractivity contribution in [3.05, 3.63) is 59.7 Å². The van der Waals surface area contributed by atoms with E-state index in [-0.39, 0.29) is 12.5 Å². The van der Waals surface area contributed by atoms with Gasteiger partial charge in [0, 0.05) is 5.92 Å². The lowest BCUT2D eigenvalue weighted by molar-refractivity contribution is -0.161. The van der Waals surface area contributed by atoms with Crippen molar-refractivity contribution in [3.63, 3.8) is 0 Å². The van der Waals surface area contributed by atoms with Gasteiger partial charge in [0.05, 0.1) is 0 Å². The van der Waals surface area contributed by atoms with Crippen LogP contribution >= 0.6 is 0 Å². The Morgan fingerprint density at radius 3 is 2.16 bits per heavy atom. The van der Waals surface area contributed by atoms with Gasteiger partial charge in [-0.15, -0.1) is 0 Å². The fourth-order valence-corrected chi connectivity index (χ4v) is 4.51. The number of fused-ring (bicyclic) bond motifs is 3. The molecule has 1 saturated carbocycles. The first-order valence-corrected chi connectivity index (χ1v) is 10.7. The summed E-state index contributed by atoms with van der Waals surface area (Å²) in [6, 6.07) is 16.1. The molecule has 2 amide bonds. The number of hydroxylamine groups is 1. The molecular weight excluding hydrogens is 412 g/mol. The second kappa shape index (κ2) is 9.00. The Morgan fingerprint density at radius 2 is 1.59 bits per heavy atom. The zero-order valence-corrected chi connectivity index (χ0v) is 17.8. The van der Waals surface area contributed by atoms with Crippen molar-refractivity contribution in [1.82, 2.24) is 10.8 Å². The first-order valence-electron chi connectivity index (χ1n) is 10.7. The van der Waals surface area contributed by atoms with E-state index in [1.807, 2.05) is 36.4 Å². The zero-order valence-electron chi connectivity index (χ0n) is 17.8. The molecule has 0 aromatic heterocycles. The molecule has 2 aliphatic carbocycles. The predicted octanol–water partition coefficient (Wildman–Crippen LogP) is 3.36. The summed E-state index contributed by atoms with van der Waals surface area (Å²) >= 11 is 0. The molecule has 3 N–H and O–H groups in total. The lowest BCUT2D eigenvalue weighted by atomic mass is 9.97. The summed E-state index contributed by atoms with van der Waals surface area (Å²) in [5.41, 5.74) is 5.48. The fraction of sp³-hybridized carbons (Fsp3) is 0.375. The van der Waals surface area contributed by atoms with Gasteiger partial charge in [0.15, 0.2) is 6.10 Å². The van der Waals surface area contributed by atoms with Gasteiger partial charge in [-0.25, -0.2) is 15.1 Å². The minimum absolute atomic E-state index is 0.0822. The minimum atomic E-state index is -1.20. The third kappa shape index (κ3) is 4.18. The van der Waals surface area contributed by atoms with Crippen LogP contribution in [-0.4, -0.2) is 41.3 Å². The number of amides is 2. The van der Waals surface area contributed by atoms with Crippen LogP contribution < -0.4 is 10.8 Å². The number of hydrogen-bond donors (Lipinski definition) is 3.